The molecule has 1 heterocycles. The first-order valence-electron chi connectivity index (χ1n) is 7.42. The zero-order valence-corrected chi connectivity index (χ0v) is 11.9. The van der Waals surface area contributed by atoms with E-state index in [-0.39, 0.29) is 0 Å². The second kappa shape index (κ2) is 6.00. The molecule has 1 aliphatic rings. The molecule has 1 N–H and O–H groups in total. The van der Waals surface area contributed by atoms with Gasteiger partial charge in [-0.2, -0.15) is 0 Å². The van der Waals surface area contributed by atoms with Crippen molar-refractivity contribution in [3.05, 3.63) is 59.7 Å². The molecule has 1 atom stereocenters. The number of benzene rings is 2. The number of nitrogens with one attached hydrogen (secondary N) is 1. The highest BCUT2D eigenvalue weighted by molar-refractivity contribution is 5.55. The Hall–Kier alpha value is -1.96. The van der Waals surface area contributed by atoms with Gasteiger partial charge in [-0.3, -0.25) is 0 Å². The van der Waals surface area contributed by atoms with E-state index in [4.69, 9.17) is 4.74 Å². The summed E-state index contributed by atoms with van der Waals surface area (Å²) in [6.45, 7) is 3.81. The second-order valence-corrected chi connectivity index (χ2v) is 5.24. The lowest BCUT2D eigenvalue weighted by Crippen LogP contribution is -2.18. The number of anilines is 1. The van der Waals surface area contributed by atoms with E-state index in [9.17, 15) is 0 Å². The topological polar surface area (TPSA) is 21.3 Å². The van der Waals surface area contributed by atoms with Crippen LogP contribution in [0.5, 0.6) is 5.75 Å². The number of hydrogen-bond acceptors (Lipinski definition) is 2. The van der Waals surface area contributed by atoms with Crippen LogP contribution in [0.2, 0.25) is 0 Å². The average molecular weight is 267 g/mol. The van der Waals surface area contributed by atoms with Crippen LogP contribution in [0.3, 0.4) is 0 Å². The molecule has 0 aliphatic carbocycles. The molecule has 0 fully saturated rings. The number of hydrogen-bond donors (Lipinski definition) is 1. The lowest BCUT2D eigenvalue weighted by Gasteiger charge is -2.27. The minimum Gasteiger partial charge on any atom is -0.494 e. The summed E-state index contributed by atoms with van der Waals surface area (Å²) in [7, 11) is 0. The zero-order valence-electron chi connectivity index (χ0n) is 11.9. The molecule has 2 aromatic rings. The Labute approximate surface area is 120 Å². The molecule has 2 nitrogen and oxygen atoms in total. The fraction of sp³-hybridized carbons (Fsp3) is 0.333. The van der Waals surface area contributed by atoms with Crippen LogP contribution in [-0.2, 0) is 6.42 Å². The third kappa shape index (κ3) is 2.64. The lowest BCUT2D eigenvalue weighted by atomic mass is 9.86. The Morgan fingerprint density at radius 1 is 1.10 bits per heavy atom. The van der Waals surface area contributed by atoms with Gasteiger partial charge in [0.1, 0.15) is 5.75 Å². The number of ether oxygens (including phenoxy) is 1. The molecule has 1 unspecified atom stereocenters. The fourth-order valence-corrected chi connectivity index (χ4v) is 3.00. The molecule has 1 aliphatic heterocycles. The van der Waals surface area contributed by atoms with Crippen molar-refractivity contribution >= 4 is 5.69 Å². The summed E-state index contributed by atoms with van der Waals surface area (Å²) in [5.41, 5.74) is 4.04. The molecule has 2 aromatic carbocycles. The van der Waals surface area contributed by atoms with Gasteiger partial charge in [-0.05, 0) is 48.9 Å². The van der Waals surface area contributed by atoms with E-state index < -0.39 is 0 Å². The van der Waals surface area contributed by atoms with E-state index in [1.807, 2.05) is 13.0 Å². The second-order valence-electron chi connectivity index (χ2n) is 5.24. The Bertz CT molecular complexity index is 579. The number of fused-ring (bicyclic) bond motifs is 1. The van der Waals surface area contributed by atoms with E-state index in [0.29, 0.717) is 5.92 Å². The molecule has 0 amide bonds. The van der Waals surface area contributed by atoms with E-state index in [0.717, 1.165) is 25.3 Å². The SMILES string of the molecule is CCOc1ccccc1CC1CCNc2ccccc21. The first kappa shape index (κ1) is 13.0. The molecule has 0 bridgehead atoms. The summed E-state index contributed by atoms with van der Waals surface area (Å²) < 4.78 is 5.75. The van der Waals surface area contributed by atoms with Crippen LogP contribution >= 0.6 is 0 Å². The highest BCUT2D eigenvalue weighted by Gasteiger charge is 2.20. The van der Waals surface area contributed by atoms with Crippen molar-refractivity contribution in [3.63, 3.8) is 0 Å². The van der Waals surface area contributed by atoms with Crippen LogP contribution in [0.1, 0.15) is 30.4 Å². The van der Waals surface area contributed by atoms with E-state index in [2.05, 4.69) is 47.8 Å². The largest absolute Gasteiger partial charge is 0.494 e. The highest BCUT2D eigenvalue weighted by Crippen LogP contribution is 2.35. The Morgan fingerprint density at radius 2 is 1.90 bits per heavy atom. The van der Waals surface area contributed by atoms with Crippen molar-refractivity contribution in [3.8, 4) is 5.75 Å². The van der Waals surface area contributed by atoms with E-state index >= 15 is 0 Å². The van der Waals surface area contributed by atoms with Crippen LogP contribution in [0, 0.1) is 0 Å². The zero-order chi connectivity index (χ0) is 13.8. The third-order valence-electron chi connectivity index (χ3n) is 3.95. The Kier molecular flexibility index (Phi) is 3.91. The Balaban J connectivity index is 1.86. The maximum atomic E-state index is 5.75. The quantitative estimate of drug-likeness (QED) is 0.895. The first-order valence-corrected chi connectivity index (χ1v) is 7.42. The smallest absolute Gasteiger partial charge is 0.122 e. The number of rotatable bonds is 4. The van der Waals surface area contributed by atoms with Gasteiger partial charge < -0.3 is 10.1 Å². The third-order valence-corrected chi connectivity index (χ3v) is 3.95. The molecule has 20 heavy (non-hydrogen) atoms. The van der Waals surface area contributed by atoms with Gasteiger partial charge in [0.25, 0.3) is 0 Å². The first-order chi connectivity index (χ1) is 9.88. The highest BCUT2D eigenvalue weighted by atomic mass is 16.5. The maximum Gasteiger partial charge on any atom is 0.122 e. The summed E-state index contributed by atoms with van der Waals surface area (Å²) in [4.78, 5) is 0. The van der Waals surface area contributed by atoms with Crippen molar-refractivity contribution in [2.75, 3.05) is 18.5 Å². The molecule has 2 heteroatoms. The molecule has 104 valence electrons. The molecule has 0 spiro atoms. The number of para-hydroxylation sites is 2. The average Bonchev–Trinajstić information content (AvgIpc) is 2.50. The minimum absolute atomic E-state index is 0.578. The van der Waals surface area contributed by atoms with E-state index in [1.165, 1.54) is 23.2 Å². The summed E-state index contributed by atoms with van der Waals surface area (Å²) in [5, 5.41) is 3.49. The van der Waals surface area contributed by atoms with Gasteiger partial charge in [0.15, 0.2) is 0 Å². The lowest BCUT2D eigenvalue weighted by molar-refractivity contribution is 0.335. The molecular formula is C18H21NO. The van der Waals surface area contributed by atoms with Crippen molar-refractivity contribution in [2.24, 2.45) is 0 Å². The molecule has 0 saturated carbocycles. The van der Waals surface area contributed by atoms with Crippen LogP contribution in [0.4, 0.5) is 5.69 Å². The molecule has 3 rings (SSSR count). The van der Waals surface area contributed by atoms with Crippen molar-refractivity contribution in [1.29, 1.82) is 0 Å². The fourth-order valence-electron chi connectivity index (χ4n) is 3.00. The van der Waals surface area contributed by atoms with Crippen LogP contribution in [0.25, 0.3) is 0 Å². The van der Waals surface area contributed by atoms with Crippen LogP contribution < -0.4 is 10.1 Å². The molecule has 0 radical (unpaired) electrons. The van der Waals surface area contributed by atoms with Gasteiger partial charge in [0.05, 0.1) is 6.61 Å². The van der Waals surface area contributed by atoms with Crippen molar-refractivity contribution in [1.82, 2.24) is 0 Å². The van der Waals surface area contributed by atoms with Gasteiger partial charge in [-0.1, -0.05) is 36.4 Å². The van der Waals surface area contributed by atoms with Gasteiger partial charge >= 0.3 is 0 Å². The predicted molar refractivity (Wildman–Crippen MR) is 83.6 cm³/mol. The minimum atomic E-state index is 0.578. The predicted octanol–water partition coefficient (Wildman–Crippen LogP) is 4.23. The van der Waals surface area contributed by atoms with Gasteiger partial charge in [-0.15, -0.1) is 0 Å². The van der Waals surface area contributed by atoms with Gasteiger partial charge in [0, 0.05) is 12.2 Å². The molecular weight excluding hydrogens is 246 g/mol. The van der Waals surface area contributed by atoms with Crippen molar-refractivity contribution in [2.45, 2.75) is 25.7 Å². The van der Waals surface area contributed by atoms with Gasteiger partial charge in [-0.25, -0.2) is 0 Å². The summed E-state index contributed by atoms with van der Waals surface area (Å²) in [6.07, 6.45) is 2.23. The standard InChI is InChI=1S/C18H21NO/c1-2-20-18-10-6-3-7-15(18)13-14-11-12-19-17-9-5-4-8-16(14)17/h3-10,14,19H,2,11-13H2,1H3. The summed E-state index contributed by atoms with van der Waals surface area (Å²) >= 11 is 0. The molecule has 0 saturated heterocycles. The maximum absolute atomic E-state index is 5.75. The van der Waals surface area contributed by atoms with Gasteiger partial charge in [0.2, 0.25) is 0 Å². The van der Waals surface area contributed by atoms with E-state index in [1.54, 1.807) is 0 Å². The van der Waals surface area contributed by atoms with Crippen LogP contribution in [-0.4, -0.2) is 13.2 Å². The summed E-state index contributed by atoms with van der Waals surface area (Å²) in [6, 6.07) is 17.1. The van der Waals surface area contributed by atoms with Crippen molar-refractivity contribution < 1.29 is 4.74 Å². The Morgan fingerprint density at radius 3 is 2.80 bits per heavy atom. The van der Waals surface area contributed by atoms with Crippen LogP contribution in [0.15, 0.2) is 48.5 Å². The monoisotopic (exact) mass is 267 g/mol. The normalized spacial score (nSPS) is 17.1. The summed E-state index contributed by atoms with van der Waals surface area (Å²) in [5.74, 6) is 1.61. The molecule has 0 aromatic heterocycles.